The minimum absolute atomic E-state index is 0.0635. The first-order valence-corrected chi connectivity index (χ1v) is 6.57. The van der Waals surface area contributed by atoms with Crippen LogP contribution in [0.15, 0.2) is 18.2 Å². The molecule has 3 heteroatoms. The number of hydrogen-bond acceptors (Lipinski definition) is 1. The number of alkyl halides is 2. The highest BCUT2D eigenvalue weighted by Crippen LogP contribution is 2.45. The van der Waals surface area contributed by atoms with Crippen LogP contribution in [0.4, 0.5) is 0 Å². The molecule has 0 spiro atoms. The van der Waals surface area contributed by atoms with Gasteiger partial charge in [-0.3, -0.25) is 0 Å². The molecule has 0 saturated heterocycles. The number of aryl methyl sites for hydroxylation is 1. The van der Waals surface area contributed by atoms with Crippen LogP contribution in [0.3, 0.4) is 0 Å². The molecule has 0 fully saturated rings. The third-order valence-electron chi connectivity index (χ3n) is 2.00. The molecule has 0 amide bonds. The summed E-state index contributed by atoms with van der Waals surface area (Å²) in [6.07, 6.45) is 0. The second-order valence-corrected chi connectivity index (χ2v) is 4.75. The molecule has 0 aromatic heterocycles. The summed E-state index contributed by atoms with van der Waals surface area (Å²) < 4.78 is 5.62. The van der Waals surface area contributed by atoms with Crippen LogP contribution in [-0.4, -0.2) is 5.01 Å². The molecule has 1 aliphatic rings. The Morgan fingerprint density at radius 2 is 1.86 bits per heavy atom. The Morgan fingerprint density at radius 3 is 2.43 bits per heavy atom. The molecule has 1 aliphatic heterocycles. The van der Waals surface area contributed by atoms with Crippen molar-refractivity contribution < 1.29 is 4.74 Å². The van der Waals surface area contributed by atoms with Crippen LogP contribution in [-0.2, 0) is 0 Å². The van der Waals surface area contributed by atoms with Gasteiger partial charge in [0.2, 0.25) is 0 Å². The van der Waals surface area contributed by atoms with Crippen molar-refractivity contribution in [2.24, 2.45) is 0 Å². The molecule has 0 N–H and O–H groups in total. The lowest BCUT2D eigenvalue weighted by Gasteiger charge is -2.04. The molecule has 14 heavy (non-hydrogen) atoms. The molecule has 1 aromatic rings. The molecule has 0 saturated carbocycles. The van der Waals surface area contributed by atoms with Crippen molar-refractivity contribution in [3.8, 4) is 5.75 Å². The van der Waals surface area contributed by atoms with Gasteiger partial charge in [0.05, 0.1) is 4.83 Å². The van der Waals surface area contributed by atoms with Crippen LogP contribution in [0.1, 0.15) is 29.8 Å². The molecule has 1 aromatic carbocycles. The van der Waals surface area contributed by atoms with Gasteiger partial charge < -0.3 is 4.74 Å². The van der Waals surface area contributed by atoms with Gasteiger partial charge in [-0.2, -0.15) is 0 Å². The number of hydrogen-bond donors (Lipinski definition) is 0. The molecule has 0 aliphatic carbocycles. The zero-order valence-corrected chi connectivity index (χ0v) is 11.7. The van der Waals surface area contributed by atoms with Crippen molar-refractivity contribution in [2.75, 3.05) is 0 Å². The molecular weight excluding hydrogens is 308 g/mol. The van der Waals surface area contributed by atoms with E-state index in [0.29, 0.717) is 0 Å². The molecule has 78 valence electrons. The van der Waals surface area contributed by atoms with Crippen LogP contribution < -0.4 is 4.74 Å². The average molecular weight is 322 g/mol. The zero-order chi connectivity index (χ0) is 10.7. The summed E-state index contributed by atoms with van der Waals surface area (Å²) in [5.41, 5.74) is 2.43. The first-order valence-electron chi connectivity index (χ1n) is 4.74. The van der Waals surface area contributed by atoms with Gasteiger partial charge in [-0.1, -0.05) is 48.0 Å². The molecule has 0 bridgehead atoms. The lowest BCUT2D eigenvalue weighted by molar-refractivity contribution is 0.327. The maximum absolute atomic E-state index is 5.62. The number of halogens is 2. The fraction of sp³-hybridized carbons (Fsp3) is 0.455. The van der Waals surface area contributed by atoms with Gasteiger partial charge in [0, 0.05) is 5.56 Å². The fourth-order valence-electron chi connectivity index (χ4n) is 1.37. The maximum atomic E-state index is 5.62. The van der Waals surface area contributed by atoms with Gasteiger partial charge in [-0.05, 0) is 28.4 Å². The standard InChI is InChI=1S/C9H8Br2O.C2H6/c1-5-3-2-4-6-7(10)9(11)12-8(5)6;1-2/h2-4,7,9H,1H3;1-2H3. The fourth-order valence-corrected chi connectivity index (χ4v) is 2.31. The van der Waals surface area contributed by atoms with E-state index in [1.807, 2.05) is 13.8 Å². The highest BCUT2D eigenvalue weighted by molar-refractivity contribution is 9.12. The van der Waals surface area contributed by atoms with Crippen molar-refractivity contribution in [3.05, 3.63) is 29.3 Å². The Balaban J connectivity index is 0.000000461. The lowest BCUT2D eigenvalue weighted by atomic mass is 10.1. The van der Waals surface area contributed by atoms with E-state index in [9.17, 15) is 0 Å². The molecule has 0 radical (unpaired) electrons. The van der Waals surface area contributed by atoms with Crippen LogP contribution in [0.25, 0.3) is 0 Å². The third kappa shape index (κ3) is 2.14. The number of para-hydroxylation sites is 1. The molecule has 2 atom stereocenters. The minimum Gasteiger partial charge on any atom is -0.477 e. The van der Waals surface area contributed by atoms with Crippen molar-refractivity contribution in [3.63, 3.8) is 0 Å². The van der Waals surface area contributed by atoms with Gasteiger partial charge in [-0.25, -0.2) is 0 Å². The zero-order valence-electron chi connectivity index (χ0n) is 8.55. The normalized spacial score (nSPS) is 23.2. The Labute approximate surface area is 102 Å². The Kier molecular flexibility index (Phi) is 4.45. The number of fused-ring (bicyclic) bond motifs is 1. The predicted molar refractivity (Wildman–Crippen MR) is 67.5 cm³/mol. The number of rotatable bonds is 0. The molecule has 1 heterocycles. The summed E-state index contributed by atoms with van der Waals surface area (Å²) in [7, 11) is 0. The molecule has 1 nitrogen and oxygen atoms in total. The summed E-state index contributed by atoms with van der Waals surface area (Å²) in [5.74, 6) is 1.02. The first-order chi connectivity index (χ1) is 6.70. The highest BCUT2D eigenvalue weighted by atomic mass is 79.9. The lowest BCUT2D eigenvalue weighted by Crippen LogP contribution is -2.03. The van der Waals surface area contributed by atoms with E-state index < -0.39 is 0 Å². The molecule has 2 unspecified atom stereocenters. The molecule has 2 rings (SSSR count). The number of benzene rings is 1. The summed E-state index contributed by atoms with van der Waals surface area (Å²) in [4.78, 5) is 0.271. The van der Waals surface area contributed by atoms with Gasteiger partial charge in [0.15, 0.2) is 5.01 Å². The van der Waals surface area contributed by atoms with Gasteiger partial charge in [0.1, 0.15) is 5.75 Å². The van der Waals surface area contributed by atoms with E-state index in [1.165, 1.54) is 11.1 Å². The van der Waals surface area contributed by atoms with Crippen molar-refractivity contribution >= 4 is 31.9 Å². The predicted octanol–water partition coefficient (Wildman–Crippen LogP) is 4.57. The van der Waals surface area contributed by atoms with Crippen LogP contribution in [0, 0.1) is 6.92 Å². The first kappa shape index (κ1) is 12.1. The maximum Gasteiger partial charge on any atom is 0.169 e. The van der Waals surface area contributed by atoms with E-state index >= 15 is 0 Å². The summed E-state index contributed by atoms with van der Waals surface area (Å²) in [5, 5.41) is 0.0635. The van der Waals surface area contributed by atoms with Crippen molar-refractivity contribution in [2.45, 2.75) is 30.6 Å². The van der Waals surface area contributed by atoms with E-state index in [2.05, 4.69) is 57.0 Å². The summed E-state index contributed by atoms with van der Waals surface area (Å²) >= 11 is 7.01. The number of ether oxygens (including phenoxy) is 1. The Morgan fingerprint density at radius 1 is 1.21 bits per heavy atom. The third-order valence-corrected chi connectivity index (χ3v) is 4.40. The monoisotopic (exact) mass is 320 g/mol. The smallest absolute Gasteiger partial charge is 0.169 e. The summed E-state index contributed by atoms with van der Waals surface area (Å²) in [6, 6.07) is 6.20. The van der Waals surface area contributed by atoms with E-state index in [4.69, 9.17) is 4.74 Å². The highest BCUT2D eigenvalue weighted by Gasteiger charge is 2.30. The largest absolute Gasteiger partial charge is 0.477 e. The Bertz CT molecular complexity index is 312. The van der Waals surface area contributed by atoms with Gasteiger partial charge >= 0.3 is 0 Å². The van der Waals surface area contributed by atoms with Gasteiger partial charge in [0.25, 0.3) is 0 Å². The second kappa shape index (κ2) is 5.17. The topological polar surface area (TPSA) is 9.23 Å². The van der Waals surface area contributed by atoms with E-state index in [1.54, 1.807) is 0 Å². The average Bonchev–Trinajstić information content (AvgIpc) is 2.50. The van der Waals surface area contributed by atoms with Crippen LogP contribution in [0.2, 0.25) is 0 Å². The van der Waals surface area contributed by atoms with E-state index in [0.717, 1.165) is 5.75 Å². The Hall–Kier alpha value is -0.0200. The second-order valence-electron chi connectivity index (χ2n) is 2.86. The summed E-state index contributed by atoms with van der Waals surface area (Å²) in [6.45, 7) is 6.06. The quantitative estimate of drug-likeness (QED) is 0.636. The minimum atomic E-state index is 0.0635. The van der Waals surface area contributed by atoms with E-state index in [-0.39, 0.29) is 9.84 Å². The van der Waals surface area contributed by atoms with Crippen LogP contribution in [0.5, 0.6) is 5.75 Å². The molecular formula is C11H14Br2O. The SMILES string of the molecule is CC.Cc1cccc2c1OC(Br)C2Br. The van der Waals surface area contributed by atoms with Crippen molar-refractivity contribution in [1.29, 1.82) is 0 Å². The van der Waals surface area contributed by atoms with Crippen LogP contribution >= 0.6 is 31.9 Å². The van der Waals surface area contributed by atoms with Gasteiger partial charge in [-0.15, -0.1) is 0 Å². The van der Waals surface area contributed by atoms with Crippen molar-refractivity contribution in [1.82, 2.24) is 0 Å².